The Labute approximate surface area is 68.0 Å². The van der Waals surface area contributed by atoms with Gasteiger partial charge < -0.3 is 0 Å². The molecular formula is C8H4FNO2. The molecule has 0 aromatic heterocycles. The Balaban J connectivity index is 3.40. The van der Waals surface area contributed by atoms with Gasteiger partial charge in [-0.3, -0.25) is 10.1 Å². The lowest BCUT2D eigenvalue weighted by Crippen LogP contribution is -1.94. The summed E-state index contributed by atoms with van der Waals surface area (Å²) in [5.41, 5.74) is -0.681. The highest BCUT2D eigenvalue weighted by atomic mass is 19.1. The zero-order valence-electron chi connectivity index (χ0n) is 5.95. The second kappa shape index (κ2) is 3.01. The number of hydrogen-bond acceptors (Lipinski definition) is 2. The number of rotatable bonds is 1. The van der Waals surface area contributed by atoms with Crippen LogP contribution in [0, 0.1) is 28.3 Å². The van der Waals surface area contributed by atoms with Crippen molar-refractivity contribution >= 4 is 5.69 Å². The van der Waals surface area contributed by atoms with Gasteiger partial charge in [0.1, 0.15) is 11.4 Å². The Morgan fingerprint density at radius 3 is 2.67 bits per heavy atom. The molecule has 0 N–H and O–H groups in total. The van der Waals surface area contributed by atoms with Gasteiger partial charge in [0.15, 0.2) is 0 Å². The van der Waals surface area contributed by atoms with Crippen LogP contribution >= 0.6 is 0 Å². The first-order chi connectivity index (χ1) is 5.66. The van der Waals surface area contributed by atoms with Gasteiger partial charge in [-0.15, -0.1) is 6.42 Å². The van der Waals surface area contributed by atoms with E-state index in [2.05, 4.69) is 0 Å². The minimum atomic E-state index is -0.744. The molecule has 0 bridgehead atoms. The van der Waals surface area contributed by atoms with Crippen LogP contribution in [0.15, 0.2) is 18.2 Å². The molecule has 0 saturated carbocycles. The first-order valence-electron chi connectivity index (χ1n) is 3.06. The van der Waals surface area contributed by atoms with E-state index in [-0.39, 0.29) is 11.3 Å². The number of hydrogen-bond donors (Lipinski definition) is 0. The van der Waals surface area contributed by atoms with E-state index in [1.165, 1.54) is 6.07 Å². The minimum absolute atomic E-state index is 0.303. The van der Waals surface area contributed by atoms with E-state index in [9.17, 15) is 14.5 Å². The topological polar surface area (TPSA) is 43.1 Å². The zero-order chi connectivity index (χ0) is 9.14. The summed E-state index contributed by atoms with van der Waals surface area (Å²) in [6.45, 7) is 0. The summed E-state index contributed by atoms with van der Waals surface area (Å²) in [5, 5.41) is 10.3. The van der Waals surface area contributed by atoms with Crippen LogP contribution in [0.4, 0.5) is 10.1 Å². The van der Waals surface area contributed by atoms with Crippen LogP contribution in [-0.2, 0) is 0 Å². The predicted octanol–water partition coefficient (Wildman–Crippen LogP) is 1.72. The fraction of sp³-hybridized carbons (Fsp3) is 0. The maximum atomic E-state index is 12.8. The van der Waals surface area contributed by atoms with Gasteiger partial charge in [0.05, 0.1) is 4.92 Å². The van der Waals surface area contributed by atoms with E-state index in [1.807, 2.05) is 5.92 Å². The molecule has 0 aliphatic rings. The Morgan fingerprint density at radius 2 is 2.25 bits per heavy atom. The summed E-state index contributed by atoms with van der Waals surface area (Å²) in [6.07, 6.45) is 4.89. The van der Waals surface area contributed by atoms with Crippen LogP contribution < -0.4 is 0 Å². The Morgan fingerprint density at radius 1 is 1.58 bits per heavy atom. The molecule has 60 valence electrons. The monoisotopic (exact) mass is 165 g/mol. The number of halogens is 1. The van der Waals surface area contributed by atoms with Crippen LogP contribution in [0.5, 0.6) is 0 Å². The van der Waals surface area contributed by atoms with E-state index >= 15 is 0 Å². The second-order valence-electron chi connectivity index (χ2n) is 2.04. The molecule has 4 heteroatoms. The molecule has 0 unspecified atom stereocenters. The fourth-order valence-corrected chi connectivity index (χ4v) is 0.808. The molecule has 0 heterocycles. The molecule has 1 aromatic carbocycles. The first-order valence-corrected chi connectivity index (χ1v) is 3.06. The van der Waals surface area contributed by atoms with Crippen LogP contribution in [0.2, 0.25) is 0 Å². The third-order valence-electron chi connectivity index (χ3n) is 1.33. The van der Waals surface area contributed by atoms with E-state index in [0.717, 1.165) is 12.1 Å². The van der Waals surface area contributed by atoms with Gasteiger partial charge in [0, 0.05) is 6.07 Å². The normalized spacial score (nSPS) is 9.00. The summed E-state index contributed by atoms with van der Waals surface area (Å²) in [4.78, 5) is 9.57. The van der Waals surface area contributed by atoms with Crippen molar-refractivity contribution in [2.45, 2.75) is 0 Å². The largest absolute Gasteiger partial charge is 0.287 e. The van der Waals surface area contributed by atoms with Crippen molar-refractivity contribution < 1.29 is 9.31 Å². The van der Waals surface area contributed by atoms with Gasteiger partial charge >= 0.3 is 0 Å². The lowest BCUT2D eigenvalue weighted by molar-refractivity contribution is -0.385. The highest BCUT2D eigenvalue weighted by Crippen LogP contribution is 2.19. The van der Waals surface area contributed by atoms with Crippen molar-refractivity contribution in [3.8, 4) is 12.3 Å². The molecule has 0 aliphatic heterocycles. The zero-order valence-corrected chi connectivity index (χ0v) is 5.95. The maximum absolute atomic E-state index is 12.8. The second-order valence-corrected chi connectivity index (χ2v) is 2.04. The van der Waals surface area contributed by atoms with Crippen LogP contribution in [0.1, 0.15) is 5.56 Å². The SMILES string of the molecule is C#Cc1c(F)cccc1[N+](=O)[O-]. The summed E-state index contributed by atoms with van der Waals surface area (Å²) < 4.78 is 12.8. The summed E-state index contributed by atoms with van der Waals surface area (Å²) in [6, 6.07) is 3.49. The van der Waals surface area contributed by atoms with Crippen molar-refractivity contribution in [3.05, 3.63) is 39.7 Å². The number of benzene rings is 1. The molecule has 0 atom stereocenters. The molecule has 0 fully saturated rings. The molecule has 12 heavy (non-hydrogen) atoms. The molecule has 1 aromatic rings. The summed E-state index contributed by atoms with van der Waals surface area (Å²) >= 11 is 0. The molecule has 0 aliphatic carbocycles. The van der Waals surface area contributed by atoms with Gasteiger partial charge in [0.2, 0.25) is 0 Å². The molecule has 0 radical (unpaired) electrons. The van der Waals surface area contributed by atoms with Crippen molar-refractivity contribution in [2.24, 2.45) is 0 Å². The number of nitrogens with zero attached hydrogens (tertiary/aromatic N) is 1. The fourth-order valence-electron chi connectivity index (χ4n) is 0.808. The van der Waals surface area contributed by atoms with E-state index < -0.39 is 10.7 Å². The Kier molecular flexibility index (Phi) is 2.06. The van der Waals surface area contributed by atoms with Crippen molar-refractivity contribution in [3.63, 3.8) is 0 Å². The number of nitro groups is 1. The Bertz CT molecular complexity index is 368. The number of nitro benzene ring substituents is 1. The standard InChI is InChI=1S/C8H4FNO2/c1-2-6-7(9)4-3-5-8(6)10(11)12/h1,3-5H. The third kappa shape index (κ3) is 1.25. The first kappa shape index (κ1) is 8.21. The van der Waals surface area contributed by atoms with E-state index in [4.69, 9.17) is 6.42 Å². The van der Waals surface area contributed by atoms with Crippen molar-refractivity contribution in [1.82, 2.24) is 0 Å². The van der Waals surface area contributed by atoms with Gasteiger partial charge in [-0.05, 0) is 6.07 Å². The molecule has 0 amide bonds. The van der Waals surface area contributed by atoms with Gasteiger partial charge in [-0.2, -0.15) is 0 Å². The average Bonchev–Trinajstić information content (AvgIpc) is 2.03. The van der Waals surface area contributed by atoms with Crippen LogP contribution in [0.25, 0.3) is 0 Å². The van der Waals surface area contributed by atoms with Gasteiger partial charge in [-0.25, -0.2) is 4.39 Å². The van der Waals surface area contributed by atoms with Crippen LogP contribution in [-0.4, -0.2) is 4.92 Å². The van der Waals surface area contributed by atoms with E-state index in [1.54, 1.807) is 0 Å². The smallest absolute Gasteiger partial charge is 0.258 e. The summed E-state index contributed by atoms with van der Waals surface area (Å²) in [7, 11) is 0. The summed E-state index contributed by atoms with van der Waals surface area (Å²) in [5.74, 6) is 1.18. The Hall–Kier alpha value is -1.89. The highest BCUT2D eigenvalue weighted by Gasteiger charge is 2.14. The third-order valence-corrected chi connectivity index (χ3v) is 1.33. The highest BCUT2D eigenvalue weighted by molar-refractivity contribution is 5.50. The predicted molar refractivity (Wildman–Crippen MR) is 41.0 cm³/mol. The van der Waals surface area contributed by atoms with Crippen molar-refractivity contribution in [1.29, 1.82) is 0 Å². The average molecular weight is 165 g/mol. The molecule has 1 rings (SSSR count). The molecule has 0 spiro atoms. The molecule has 3 nitrogen and oxygen atoms in total. The molecular weight excluding hydrogens is 161 g/mol. The molecule has 0 saturated heterocycles. The van der Waals surface area contributed by atoms with Gasteiger partial charge in [-0.1, -0.05) is 12.0 Å². The quantitative estimate of drug-likeness (QED) is 0.361. The lowest BCUT2D eigenvalue weighted by Gasteiger charge is -1.95. The van der Waals surface area contributed by atoms with Crippen molar-refractivity contribution in [2.75, 3.05) is 0 Å². The maximum Gasteiger partial charge on any atom is 0.287 e. The van der Waals surface area contributed by atoms with E-state index in [0.29, 0.717) is 0 Å². The number of terminal acetylenes is 1. The van der Waals surface area contributed by atoms with Crippen LogP contribution in [0.3, 0.4) is 0 Å². The minimum Gasteiger partial charge on any atom is -0.258 e. The lowest BCUT2D eigenvalue weighted by atomic mass is 10.2. The van der Waals surface area contributed by atoms with Gasteiger partial charge in [0.25, 0.3) is 5.69 Å².